The first-order valence-corrected chi connectivity index (χ1v) is 4.55. The number of nitrogens with one attached hydrogen (secondary N) is 1. The lowest BCUT2D eigenvalue weighted by molar-refractivity contribution is -0.114. The molecular formula is C10H13FN2O2. The van der Waals surface area contributed by atoms with E-state index in [4.69, 9.17) is 10.5 Å². The van der Waals surface area contributed by atoms with Gasteiger partial charge in [0.2, 0.25) is 5.91 Å². The maximum Gasteiger partial charge on any atom is 0.238 e. The van der Waals surface area contributed by atoms with E-state index < -0.39 is 6.67 Å². The number of rotatable bonds is 5. The van der Waals surface area contributed by atoms with Crippen molar-refractivity contribution in [3.05, 3.63) is 24.3 Å². The Bertz CT molecular complexity index is 331. The van der Waals surface area contributed by atoms with Crippen LogP contribution in [0.5, 0.6) is 5.75 Å². The molecule has 0 aliphatic heterocycles. The van der Waals surface area contributed by atoms with Crippen molar-refractivity contribution in [3.63, 3.8) is 0 Å². The molecule has 0 heterocycles. The molecule has 0 aliphatic rings. The average Bonchev–Trinajstić information content (AvgIpc) is 2.26. The Balaban J connectivity index is 2.61. The minimum atomic E-state index is -0.542. The Morgan fingerprint density at radius 2 is 2.33 bits per heavy atom. The van der Waals surface area contributed by atoms with Gasteiger partial charge in [-0.2, -0.15) is 0 Å². The van der Waals surface area contributed by atoms with Crippen molar-refractivity contribution in [2.45, 2.75) is 0 Å². The Labute approximate surface area is 87.2 Å². The van der Waals surface area contributed by atoms with Crippen LogP contribution in [0.1, 0.15) is 0 Å². The first kappa shape index (κ1) is 11.5. The van der Waals surface area contributed by atoms with Gasteiger partial charge in [0.1, 0.15) is 19.0 Å². The highest BCUT2D eigenvalue weighted by atomic mass is 19.1. The lowest BCUT2D eigenvalue weighted by atomic mass is 10.3. The molecule has 1 aromatic rings. The second-order valence-electron chi connectivity index (χ2n) is 2.82. The summed E-state index contributed by atoms with van der Waals surface area (Å²) < 4.78 is 16.9. The molecule has 1 amide bonds. The Morgan fingerprint density at radius 1 is 1.53 bits per heavy atom. The molecular weight excluding hydrogens is 199 g/mol. The van der Waals surface area contributed by atoms with E-state index in [1.165, 1.54) is 0 Å². The van der Waals surface area contributed by atoms with Gasteiger partial charge >= 0.3 is 0 Å². The van der Waals surface area contributed by atoms with Crippen LogP contribution in [-0.2, 0) is 4.79 Å². The van der Waals surface area contributed by atoms with E-state index in [1.807, 2.05) is 0 Å². The molecule has 0 saturated carbocycles. The Hall–Kier alpha value is -1.62. The summed E-state index contributed by atoms with van der Waals surface area (Å²) in [6.07, 6.45) is 0. The fourth-order valence-electron chi connectivity index (χ4n) is 1.03. The number of hydrogen-bond acceptors (Lipinski definition) is 3. The second-order valence-corrected chi connectivity index (χ2v) is 2.82. The van der Waals surface area contributed by atoms with Crippen molar-refractivity contribution in [2.75, 3.05) is 25.1 Å². The third kappa shape index (κ3) is 3.95. The average molecular weight is 212 g/mol. The van der Waals surface area contributed by atoms with Crippen LogP contribution in [-0.4, -0.2) is 25.7 Å². The maximum atomic E-state index is 11.8. The molecule has 5 heteroatoms. The van der Waals surface area contributed by atoms with Crippen LogP contribution in [0.4, 0.5) is 10.1 Å². The van der Waals surface area contributed by atoms with Crippen molar-refractivity contribution in [1.82, 2.24) is 0 Å². The number of carbonyl (C=O) groups excluding carboxylic acids is 1. The monoisotopic (exact) mass is 212 g/mol. The van der Waals surface area contributed by atoms with Crippen LogP contribution >= 0.6 is 0 Å². The minimum absolute atomic E-state index is 0.00822. The van der Waals surface area contributed by atoms with Crippen LogP contribution in [0.2, 0.25) is 0 Å². The topological polar surface area (TPSA) is 64.4 Å². The summed E-state index contributed by atoms with van der Waals surface area (Å²) in [5, 5.41) is 2.57. The number of anilines is 1. The Morgan fingerprint density at radius 3 is 3.00 bits per heavy atom. The van der Waals surface area contributed by atoms with E-state index in [0.717, 1.165) is 0 Å². The lowest BCUT2D eigenvalue weighted by Gasteiger charge is -2.07. The van der Waals surface area contributed by atoms with Gasteiger partial charge in [-0.15, -0.1) is 0 Å². The molecule has 0 fully saturated rings. The summed E-state index contributed by atoms with van der Waals surface area (Å²) in [5.74, 6) is 0.236. The van der Waals surface area contributed by atoms with Crippen LogP contribution in [0.3, 0.4) is 0 Å². The number of hydrogen-bond donors (Lipinski definition) is 2. The lowest BCUT2D eigenvalue weighted by Crippen LogP contribution is -2.21. The highest BCUT2D eigenvalue weighted by Crippen LogP contribution is 2.16. The van der Waals surface area contributed by atoms with Gasteiger partial charge in [-0.1, -0.05) is 6.07 Å². The third-order valence-electron chi connectivity index (χ3n) is 1.65. The Kier molecular flexibility index (Phi) is 4.56. The van der Waals surface area contributed by atoms with Crippen molar-refractivity contribution in [2.24, 2.45) is 5.73 Å². The summed E-state index contributed by atoms with van der Waals surface area (Å²) in [4.78, 5) is 11.0. The van der Waals surface area contributed by atoms with E-state index in [-0.39, 0.29) is 19.1 Å². The molecule has 15 heavy (non-hydrogen) atoms. The van der Waals surface area contributed by atoms with Gasteiger partial charge in [0.25, 0.3) is 0 Å². The number of carbonyl (C=O) groups is 1. The van der Waals surface area contributed by atoms with Crippen LogP contribution in [0.25, 0.3) is 0 Å². The molecule has 0 unspecified atom stereocenters. The predicted octanol–water partition coefficient (Wildman–Crippen LogP) is 0.932. The number of ether oxygens (including phenoxy) is 1. The summed E-state index contributed by atoms with van der Waals surface area (Å²) in [6, 6.07) is 6.71. The van der Waals surface area contributed by atoms with Gasteiger partial charge in [-0.25, -0.2) is 4.39 Å². The molecule has 0 aliphatic carbocycles. The number of alkyl halides is 1. The molecule has 0 aromatic heterocycles. The molecule has 1 rings (SSSR count). The largest absolute Gasteiger partial charge is 0.491 e. The van der Waals surface area contributed by atoms with Crippen LogP contribution in [0.15, 0.2) is 24.3 Å². The number of benzene rings is 1. The van der Waals surface area contributed by atoms with Gasteiger partial charge in [0, 0.05) is 11.8 Å². The van der Waals surface area contributed by atoms with Crippen molar-refractivity contribution < 1.29 is 13.9 Å². The van der Waals surface area contributed by atoms with Crippen molar-refractivity contribution in [1.29, 1.82) is 0 Å². The molecule has 0 spiro atoms. The number of amides is 1. The molecule has 82 valence electrons. The van der Waals surface area contributed by atoms with E-state index >= 15 is 0 Å². The molecule has 0 radical (unpaired) electrons. The van der Waals surface area contributed by atoms with Gasteiger partial charge in [-0.05, 0) is 12.1 Å². The predicted molar refractivity (Wildman–Crippen MR) is 55.6 cm³/mol. The van der Waals surface area contributed by atoms with Crippen LogP contribution < -0.4 is 15.8 Å². The van der Waals surface area contributed by atoms with Gasteiger partial charge < -0.3 is 15.8 Å². The zero-order valence-corrected chi connectivity index (χ0v) is 8.20. The zero-order chi connectivity index (χ0) is 11.1. The third-order valence-corrected chi connectivity index (χ3v) is 1.65. The summed E-state index contributed by atoms with van der Waals surface area (Å²) in [5.41, 5.74) is 5.73. The molecule has 4 nitrogen and oxygen atoms in total. The van der Waals surface area contributed by atoms with Gasteiger partial charge in [0.15, 0.2) is 0 Å². The first-order valence-electron chi connectivity index (χ1n) is 4.55. The molecule has 1 aromatic carbocycles. The molecule has 3 N–H and O–H groups in total. The normalized spacial score (nSPS) is 9.73. The molecule has 0 saturated heterocycles. The number of halogens is 1. The maximum absolute atomic E-state index is 11.8. The summed E-state index contributed by atoms with van der Waals surface area (Å²) in [7, 11) is 0. The SMILES string of the molecule is NCC(=O)Nc1cccc(OCCF)c1. The van der Waals surface area contributed by atoms with Crippen molar-refractivity contribution >= 4 is 11.6 Å². The standard InChI is InChI=1S/C10H13FN2O2/c11-4-5-15-9-3-1-2-8(6-9)13-10(14)7-12/h1-3,6H,4-5,7,12H2,(H,13,14). The second kappa shape index (κ2) is 5.98. The van der Waals surface area contributed by atoms with E-state index in [9.17, 15) is 9.18 Å². The fourth-order valence-corrected chi connectivity index (χ4v) is 1.03. The zero-order valence-electron chi connectivity index (χ0n) is 8.20. The number of nitrogens with two attached hydrogens (primary N) is 1. The smallest absolute Gasteiger partial charge is 0.238 e. The van der Waals surface area contributed by atoms with E-state index in [1.54, 1.807) is 24.3 Å². The molecule has 0 atom stereocenters. The van der Waals surface area contributed by atoms with Gasteiger partial charge in [0.05, 0.1) is 6.54 Å². The minimum Gasteiger partial charge on any atom is -0.491 e. The van der Waals surface area contributed by atoms with Gasteiger partial charge in [-0.3, -0.25) is 4.79 Å². The fraction of sp³-hybridized carbons (Fsp3) is 0.300. The molecule has 0 bridgehead atoms. The highest BCUT2D eigenvalue weighted by Gasteiger charge is 2.00. The van der Waals surface area contributed by atoms with E-state index in [2.05, 4.69) is 5.32 Å². The highest BCUT2D eigenvalue weighted by molar-refractivity contribution is 5.92. The van der Waals surface area contributed by atoms with Crippen molar-refractivity contribution in [3.8, 4) is 5.75 Å². The van der Waals surface area contributed by atoms with E-state index in [0.29, 0.717) is 11.4 Å². The summed E-state index contributed by atoms with van der Waals surface area (Å²) in [6.45, 7) is -0.608. The van der Waals surface area contributed by atoms with Crippen LogP contribution in [0, 0.1) is 0 Å². The summed E-state index contributed by atoms with van der Waals surface area (Å²) >= 11 is 0. The quantitative estimate of drug-likeness (QED) is 0.763. The first-order chi connectivity index (χ1) is 7.26.